The smallest absolute Gasteiger partial charge is 0.304 e. The van der Waals surface area contributed by atoms with Gasteiger partial charge < -0.3 is 10.2 Å². The summed E-state index contributed by atoms with van der Waals surface area (Å²) < 4.78 is 43.2. The summed E-state index contributed by atoms with van der Waals surface area (Å²) in [5.74, 6) is -1.45. The number of anilines is 1. The van der Waals surface area contributed by atoms with Gasteiger partial charge in [-0.1, -0.05) is 65.3 Å². The highest BCUT2D eigenvalue weighted by molar-refractivity contribution is 9.10. The summed E-state index contributed by atoms with van der Waals surface area (Å²) in [6, 6.07) is 20.5. The Bertz CT molecular complexity index is 1400. The van der Waals surface area contributed by atoms with Crippen molar-refractivity contribution in [3.8, 4) is 0 Å². The molecule has 0 saturated carbocycles. The zero-order valence-corrected chi connectivity index (χ0v) is 26.0. The summed E-state index contributed by atoms with van der Waals surface area (Å²) in [5, 5.41) is 3.00. The van der Waals surface area contributed by atoms with Gasteiger partial charge in [-0.3, -0.25) is 9.59 Å². The number of hydrogen-bond acceptors (Lipinski definition) is 4. The van der Waals surface area contributed by atoms with Gasteiger partial charge in [-0.15, -0.1) is 0 Å². The summed E-state index contributed by atoms with van der Waals surface area (Å²) in [6.45, 7) is 3.31. The maximum Gasteiger partial charge on any atom is 0.304 e. The van der Waals surface area contributed by atoms with Gasteiger partial charge in [-0.25, -0.2) is 8.70 Å². The molecule has 0 aliphatic rings. The van der Waals surface area contributed by atoms with Crippen LogP contribution in [0.4, 0.5) is 10.1 Å². The normalized spacial score (nSPS) is 13.0. The van der Waals surface area contributed by atoms with E-state index in [2.05, 4.69) is 21.2 Å². The van der Waals surface area contributed by atoms with Gasteiger partial charge in [0.15, 0.2) is 0 Å². The van der Waals surface area contributed by atoms with Crippen molar-refractivity contribution < 1.29 is 22.4 Å². The number of amides is 2. The lowest BCUT2D eigenvalue weighted by atomic mass is 10.0. The first kappa shape index (κ1) is 32.2. The molecule has 0 spiro atoms. The topological polar surface area (TPSA) is 90.0 Å². The second kappa shape index (κ2) is 14.6. The van der Waals surface area contributed by atoms with E-state index in [1.54, 1.807) is 0 Å². The molecule has 11 heteroatoms. The van der Waals surface area contributed by atoms with Gasteiger partial charge in [-0.05, 0) is 60.9 Å². The Hall–Kier alpha value is -3.28. The van der Waals surface area contributed by atoms with E-state index in [0.717, 1.165) is 36.3 Å². The number of carbonyl (C=O) groups is 2. The molecule has 0 aromatic heterocycles. The zero-order valence-electron chi connectivity index (χ0n) is 23.6. The molecule has 0 radical (unpaired) electrons. The quantitative estimate of drug-likeness (QED) is 0.290. The van der Waals surface area contributed by atoms with E-state index in [4.69, 9.17) is 0 Å². The number of rotatable bonds is 13. The number of benzene rings is 3. The molecule has 0 fully saturated rings. The Labute approximate surface area is 250 Å². The van der Waals surface area contributed by atoms with Gasteiger partial charge in [0.25, 0.3) is 0 Å². The van der Waals surface area contributed by atoms with E-state index in [-0.39, 0.29) is 30.6 Å². The first-order chi connectivity index (χ1) is 19.4. The van der Waals surface area contributed by atoms with Crippen LogP contribution in [0.2, 0.25) is 0 Å². The van der Waals surface area contributed by atoms with Gasteiger partial charge in [0, 0.05) is 37.6 Å². The van der Waals surface area contributed by atoms with Crippen LogP contribution in [-0.4, -0.2) is 62.2 Å². The monoisotopic (exact) mass is 646 g/mol. The van der Waals surface area contributed by atoms with Crippen LogP contribution in [0.5, 0.6) is 0 Å². The highest BCUT2D eigenvalue weighted by atomic mass is 79.9. The van der Waals surface area contributed by atoms with E-state index in [9.17, 15) is 22.4 Å². The van der Waals surface area contributed by atoms with Crippen molar-refractivity contribution in [1.29, 1.82) is 0 Å². The van der Waals surface area contributed by atoms with Crippen LogP contribution in [0.3, 0.4) is 0 Å². The maximum absolute atomic E-state index is 14.2. The maximum atomic E-state index is 14.2. The summed E-state index contributed by atoms with van der Waals surface area (Å²) in [5.41, 5.74) is 1.74. The van der Waals surface area contributed by atoms with Crippen molar-refractivity contribution in [3.63, 3.8) is 0 Å². The standard InChI is InChI=1S/C30H36BrFN4O4S/c1-5-22(2)33-30(38)28(19-23-9-7-6-8-10-23)35(20-24-11-13-25(31)14-12-24)29(37)21-36(41(39,40)34(3)4)27-17-15-26(32)16-18-27/h6-18,22,28H,5,19-21H2,1-4H3,(H,33,38)/t22-,28-/m1/s1. The molecular formula is C30H36BrFN4O4S. The first-order valence-electron chi connectivity index (χ1n) is 13.3. The summed E-state index contributed by atoms with van der Waals surface area (Å²) in [6.07, 6.45) is 0.923. The molecule has 2 amide bonds. The number of halogens is 2. The van der Waals surface area contributed by atoms with Crippen LogP contribution in [0.15, 0.2) is 83.3 Å². The minimum atomic E-state index is -4.15. The molecule has 3 aromatic carbocycles. The van der Waals surface area contributed by atoms with Crippen LogP contribution in [0.1, 0.15) is 31.4 Å². The fraction of sp³-hybridized carbons (Fsp3) is 0.333. The molecular weight excluding hydrogens is 611 g/mol. The van der Waals surface area contributed by atoms with Crippen molar-refractivity contribution in [2.24, 2.45) is 0 Å². The predicted molar refractivity (Wildman–Crippen MR) is 163 cm³/mol. The molecule has 3 rings (SSSR count). The number of hydrogen-bond donors (Lipinski definition) is 1. The molecule has 0 saturated heterocycles. The Morgan fingerprint density at radius 2 is 1.54 bits per heavy atom. The van der Waals surface area contributed by atoms with E-state index in [1.807, 2.05) is 68.4 Å². The van der Waals surface area contributed by atoms with Crippen LogP contribution in [0, 0.1) is 5.82 Å². The van der Waals surface area contributed by atoms with Crippen LogP contribution >= 0.6 is 15.9 Å². The lowest BCUT2D eigenvalue weighted by Crippen LogP contribution is -2.55. The Kier molecular flexibility index (Phi) is 11.5. The van der Waals surface area contributed by atoms with E-state index < -0.39 is 34.5 Å². The molecule has 0 aliphatic carbocycles. The van der Waals surface area contributed by atoms with Gasteiger partial charge in [0.1, 0.15) is 18.4 Å². The Balaban J connectivity index is 2.08. The molecule has 8 nitrogen and oxygen atoms in total. The number of carbonyl (C=O) groups excluding carboxylic acids is 2. The zero-order chi connectivity index (χ0) is 30.2. The molecule has 41 heavy (non-hydrogen) atoms. The fourth-order valence-electron chi connectivity index (χ4n) is 4.11. The average Bonchev–Trinajstić information content (AvgIpc) is 2.95. The SMILES string of the molecule is CC[C@@H](C)NC(=O)[C@@H](Cc1ccccc1)N(Cc1ccc(Br)cc1)C(=O)CN(c1ccc(F)cc1)S(=O)(=O)N(C)C. The lowest BCUT2D eigenvalue weighted by Gasteiger charge is -2.35. The van der Waals surface area contributed by atoms with Crippen molar-refractivity contribution in [2.75, 3.05) is 24.9 Å². The molecule has 0 heterocycles. The molecule has 220 valence electrons. The van der Waals surface area contributed by atoms with Crippen molar-refractivity contribution in [2.45, 2.75) is 45.3 Å². The minimum absolute atomic E-state index is 0.0663. The van der Waals surface area contributed by atoms with E-state index in [0.29, 0.717) is 6.42 Å². The number of nitrogens with zero attached hydrogens (tertiary/aromatic N) is 3. The average molecular weight is 648 g/mol. The fourth-order valence-corrected chi connectivity index (χ4v) is 5.43. The summed E-state index contributed by atoms with van der Waals surface area (Å²) in [7, 11) is -1.44. The third-order valence-electron chi connectivity index (χ3n) is 6.67. The molecule has 3 aromatic rings. The van der Waals surface area contributed by atoms with Gasteiger partial charge >= 0.3 is 10.2 Å². The Morgan fingerprint density at radius 3 is 2.10 bits per heavy atom. The highest BCUT2D eigenvalue weighted by Gasteiger charge is 2.35. The van der Waals surface area contributed by atoms with Gasteiger partial charge in [0.2, 0.25) is 11.8 Å². The van der Waals surface area contributed by atoms with Crippen molar-refractivity contribution >= 4 is 43.6 Å². The summed E-state index contributed by atoms with van der Waals surface area (Å²) in [4.78, 5) is 29.3. The van der Waals surface area contributed by atoms with Crippen LogP contribution < -0.4 is 9.62 Å². The van der Waals surface area contributed by atoms with E-state index >= 15 is 0 Å². The highest BCUT2D eigenvalue weighted by Crippen LogP contribution is 2.23. The lowest BCUT2D eigenvalue weighted by molar-refractivity contribution is -0.140. The summed E-state index contributed by atoms with van der Waals surface area (Å²) >= 11 is 3.42. The molecule has 0 aliphatic heterocycles. The molecule has 0 unspecified atom stereocenters. The van der Waals surface area contributed by atoms with Crippen LogP contribution in [0.25, 0.3) is 0 Å². The first-order valence-corrected chi connectivity index (χ1v) is 15.4. The second-order valence-corrected chi connectivity index (χ2v) is 12.9. The minimum Gasteiger partial charge on any atom is -0.352 e. The molecule has 0 bridgehead atoms. The number of nitrogens with one attached hydrogen (secondary N) is 1. The third-order valence-corrected chi connectivity index (χ3v) is 9.02. The van der Waals surface area contributed by atoms with E-state index in [1.165, 1.54) is 31.1 Å². The third kappa shape index (κ3) is 8.85. The van der Waals surface area contributed by atoms with Gasteiger partial charge in [0.05, 0.1) is 5.69 Å². The predicted octanol–water partition coefficient (Wildman–Crippen LogP) is 4.76. The molecule has 1 N–H and O–H groups in total. The van der Waals surface area contributed by atoms with Crippen molar-refractivity contribution in [3.05, 3.63) is 100 Å². The molecule has 2 atom stereocenters. The second-order valence-electron chi connectivity index (χ2n) is 9.94. The largest absolute Gasteiger partial charge is 0.352 e. The van der Waals surface area contributed by atoms with Crippen molar-refractivity contribution in [1.82, 2.24) is 14.5 Å². The Morgan fingerprint density at radius 1 is 0.927 bits per heavy atom. The van der Waals surface area contributed by atoms with Crippen LogP contribution in [-0.2, 0) is 32.8 Å². The van der Waals surface area contributed by atoms with Gasteiger partial charge in [-0.2, -0.15) is 12.7 Å².